The molecule has 0 fully saturated rings. The number of urea groups is 1. The number of nitrogens with zero attached hydrogens (tertiary/aromatic N) is 7. The largest absolute Gasteiger partial charge is 0.466 e. The number of rotatable bonds is 14. The minimum atomic E-state index is -1.09. The van der Waals surface area contributed by atoms with Crippen LogP contribution < -0.4 is 37.2 Å². The van der Waals surface area contributed by atoms with Crippen LogP contribution in [0.5, 0.6) is 0 Å². The number of pyridine rings is 1. The smallest absolute Gasteiger partial charge is 0.320 e. The molecule has 7 amide bonds. The van der Waals surface area contributed by atoms with Gasteiger partial charge in [0.15, 0.2) is 6.10 Å². The van der Waals surface area contributed by atoms with Gasteiger partial charge in [0.1, 0.15) is 76.1 Å². The van der Waals surface area contributed by atoms with Crippen molar-refractivity contribution in [1.29, 1.82) is 0 Å². The number of hydrogen-bond acceptors (Lipinski definition) is 24. The summed E-state index contributed by atoms with van der Waals surface area (Å²) in [4.78, 5) is 142. The first kappa shape index (κ1) is 62.2. The van der Waals surface area contributed by atoms with E-state index in [0.29, 0.717) is 68.7 Å². The molecule has 0 spiro atoms. The predicted octanol–water partition coefficient (Wildman–Crippen LogP) is 7.96. The Morgan fingerprint density at radius 3 is 2.17 bits per heavy atom. The molecular weight excluding hydrogens is 1230 g/mol. The predicted molar refractivity (Wildman–Crippen MR) is 325 cm³/mol. The van der Waals surface area contributed by atoms with Crippen molar-refractivity contribution in [1.82, 2.24) is 66.8 Å². The van der Waals surface area contributed by atoms with Crippen LogP contribution in [0.25, 0.3) is 43.4 Å². The Hall–Kier alpha value is -8.33. The summed E-state index contributed by atoms with van der Waals surface area (Å²) in [6, 6.07) is 8.90. The summed E-state index contributed by atoms with van der Waals surface area (Å²) in [6.07, 6.45) is -1.33. The van der Waals surface area contributed by atoms with Gasteiger partial charge in [-0.3, -0.25) is 38.9 Å². The van der Waals surface area contributed by atoms with Gasteiger partial charge in [-0.15, -0.1) is 68.0 Å². The number of anilines is 1. The second-order valence-corrected chi connectivity index (χ2v) is 25.0. The first-order chi connectivity index (χ1) is 41.4. The lowest BCUT2D eigenvalue weighted by Crippen LogP contribution is -2.41. The lowest BCUT2D eigenvalue weighted by Gasteiger charge is -2.26. The topological polar surface area (TPSA) is 339 Å². The van der Waals surface area contributed by atoms with Crippen molar-refractivity contribution in [3.8, 4) is 43.4 Å². The number of thiazole rings is 6. The van der Waals surface area contributed by atoms with E-state index in [-0.39, 0.29) is 66.4 Å². The molecule has 0 saturated heterocycles. The van der Waals surface area contributed by atoms with E-state index in [4.69, 9.17) is 44.1 Å². The van der Waals surface area contributed by atoms with Crippen LogP contribution >= 0.6 is 68.0 Å². The summed E-state index contributed by atoms with van der Waals surface area (Å²) in [7, 11) is 2.93. The van der Waals surface area contributed by atoms with Gasteiger partial charge in [0.2, 0.25) is 11.8 Å². The number of carbonyl (C=O) groups excluding carboxylic acids is 8. The van der Waals surface area contributed by atoms with Crippen LogP contribution in [0.2, 0.25) is 0 Å². The molecule has 8 aromatic rings. The molecule has 10 bridgehead atoms. The maximum absolute atomic E-state index is 14.3. The third-order valence-corrected chi connectivity index (χ3v) is 18.4. The number of fused-ring (bicyclic) bond motifs is 14. The van der Waals surface area contributed by atoms with Crippen molar-refractivity contribution in [2.45, 2.75) is 78.3 Å². The number of aryl methyl sites for hydroxylation is 1. The highest BCUT2D eigenvalue weighted by Crippen LogP contribution is 2.41. The van der Waals surface area contributed by atoms with Crippen molar-refractivity contribution >= 4 is 121 Å². The molecule has 9 rings (SSSR count). The van der Waals surface area contributed by atoms with Crippen molar-refractivity contribution in [3.63, 3.8) is 0 Å². The fourth-order valence-corrected chi connectivity index (χ4v) is 14.1. The molecule has 25 nitrogen and oxygen atoms in total. The fourth-order valence-electron chi connectivity index (χ4n) is 8.61. The molecule has 4 atom stereocenters. The molecule has 31 heteroatoms. The summed E-state index contributed by atoms with van der Waals surface area (Å²) in [5.74, 6) is -4.08. The van der Waals surface area contributed by atoms with Gasteiger partial charge in [-0.05, 0) is 37.5 Å². The Balaban J connectivity index is 1.12. The third kappa shape index (κ3) is 15.0. The molecule has 0 radical (unpaired) electrons. The third-order valence-electron chi connectivity index (χ3n) is 12.7. The first-order valence-electron chi connectivity index (χ1n) is 26.5. The fraction of sp³-hybridized carbons (Fsp3) is 0.327. The summed E-state index contributed by atoms with van der Waals surface area (Å²) < 4.78 is 16.3. The highest BCUT2D eigenvalue weighted by Gasteiger charge is 2.35. The van der Waals surface area contributed by atoms with Crippen LogP contribution in [0.15, 0.2) is 64.0 Å². The van der Waals surface area contributed by atoms with Gasteiger partial charge in [0.25, 0.3) is 17.7 Å². The average molecular weight is 1280 g/mol. The number of carbonyl (C=O) groups is 8. The van der Waals surface area contributed by atoms with E-state index in [9.17, 15) is 38.4 Å². The number of ether oxygens (including phenoxy) is 3. The molecule has 448 valence electrons. The second kappa shape index (κ2) is 28.2. The standard InChI is InChI=1S/C55H56N14O11S6/c1-8-79-39(73)16-17-57-55(77)65-36-24-84-50(64-36)30-15-14-29-42(59-30)32-21-82-51(61-32)34-23-83-53(63-34)44(45(80-27(5)70)28-12-10-9-11-13-28)66-38(72)19-58-47(75)43-35(20-78-7)86-54(69-43)40(25(2)3)67-48(76)41-26(4)85-52(68-41)31(18-37(71)56-6)60-46(74)33-22-81-49(29)62-33/h9-15,21-25,31,40,44-45H,8,16-20H2,1-7H3,(H,56,71)(H,58,75)(H,60,74)(H,66,72)(H,67,76)(H2,57,65,77)/t31-,40-,44-,45-/m0/s1. The Labute approximate surface area is 515 Å². The van der Waals surface area contributed by atoms with Gasteiger partial charge in [-0.25, -0.2) is 39.7 Å². The number of methoxy groups -OCH3 is 1. The Kier molecular flexibility index (Phi) is 20.4. The minimum absolute atomic E-state index is 0.00981. The van der Waals surface area contributed by atoms with Crippen LogP contribution in [-0.4, -0.2) is 116 Å². The van der Waals surface area contributed by atoms with Crippen molar-refractivity contribution in [2.75, 3.05) is 39.2 Å². The monoisotopic (exact) mass is 1280 g/mol. The Bertz CT molecular complexity index is 3820. The van der Waals surface area contributed by atoms with Crippen LogP contribution in [0.4, 0.5) is 10.6 Å². The zero-order valence-electron chi connectivity index (χ0n) is 47.1. The molecule has 0 aliphatic carbocycles. The van der Waals surface area contributed by atoms with Crippen LogP contribution in [0.1, 0.15) is 127 Å². The number of benzene rings is 1. The summed E-state index contributed by atoms with van der Waals surface area (Å²) >= 11 is 7.08. The number of aromatic nitrogens is 7. The second-order valence-electron chi connectivity index (χ2n) is 19.2. The normalized spacial score (nSPS) is 16.0. The quantitative estimate of drug-likeness (QED) is 0.0508. The summed E-state index contributed by atoms with van der Waals surface area (Å²) in [5.41, 5.74) is 2.58. The number of amides is 7. The van der Waals surface area contributed by atoms with Gasteiger partial charge >= 0.3 is 18.0 Å². The molecule has 0 unspecified atom stereocenters. The number of nitrogens with one attached hydrogen (secondary N) is 7. The lowest BCUT2D eigenvalue weighted by molar-refractivity contribution is -0.149. The zero-order valence-corrected chi connectivity index (χ0v) is 51.9. The molecular formula is C55H56N14O11S6. The van der Waals surface area contributed by atoms with Gasteiger partial charge in [-0.1, -0.05) is 44.2 Å². The summed E-state index contributed by atoms with van der Waals surface area (Å²) in [5, 5.41) is 28.4. The van der Waals surface area contributed by atoms with E-state index < -0.39 is 78.3 Å². The van der Waals surface area contributed by atoms with Crippen molar-refractivity contribution in [3.05, 3.63) is 111 Å². The van der Waals surface area contributed by atoms with Gasteiger partial charge in [-0.2, -0.15) is 0 Å². The highest BCUT2D eigenvalue weighted by molar-refractivity contribution is 7.15. The zero-order chi connectivity index (χ0) is 61.2. The van der Waals surface area contributed by atoms with E-state index in [1.54, 1.807) is 77.8 Å². The molecule has 1 aromatic carbocycles. The van der Waals surface area contributed by atoms with Crippen LogP contribution in [-0.2, 0) is 40.0 Å². The minimum Gasteiger partial charge on any atom is -0.466 e. The van der Waals surface area contributed by atoms with Crippen LogP contribution in [0.3, 0.4) is 0 Å². The molecule has 1 aliphatic rings. The molecule has 7 aromatic heterocycles. The summed E-state index contributed by atoms with van der Waals surface area (Å²) in [6.45, 7) is 8.10. The molecule has 1 aliphatic heterocycles. The molecule has 8 heterocycles. The molecule has 0 saturated carbocycles. The van der Waals surface area contributed by atoms with E-state index in [0.717, 1.165) is 34.0 Å². The van der Waals surface area contributed by atoms with Gasteiger partial charge in [0, 0.05) is 59.6 Å². The maximum atomic E-state index is 14.3. The molecule has 86 heavy (non-hydrogen) atoms. The average Bonchev–Trinajstić information content (AvgIpc) is 2.02. The van der Waals surface area contributed by atoms with Crippen molar-refractivity contribution in [2.24, 2.45) is 5.92 Å². The van der Waals surface area contributed by atoms with E-state index in [1.807, 2.05) is 13.8 Å². The number of esters is 2. The highest BCUT2D eigenvalue weighted by atomic mass is 32.1. The first-order valence-corrected chi connectivity index (χ1v) is 31.7. The van der Waals surface area contributed by atoms with E-state index >= 15 is 0 Å². The number of hydrogen-bond donors (Lipinski definition) is 7. The van der Waals surface area contributed by atoms with E-state index in [1.165, 1.54) is 55.1 Å². The SMILES string of the molecule is CCOC(=O)CCNC(=O)Nc1csc(-c2ccc3c(n2)-c2csc(n2)-c2csc(n2)[C@H]([C@@H](OC(C)=O)c2ccccc2)NC(=O)CNC(=O)c2nc(sc2COC)[C@H](C(C)C)NC(=O)c2nc(sc2C)[C@H](CC(=O)NC)NC(=O)c2csc-3n2)n1. The maximum Gasteiger partial charge on any atom is 0.320 e. The Morgan fingerprint density at radius 2 is 1.43 bits per heavy atom. The lowest BCUT2D eigenvalue weighted by atomic mass is 10.0. The van der Waals surface area contributed by atoms with Gasteiger partial charge < -0.3 is 46.1 Å². The van der Waals surface area contributed by atoms with Crippen LogP contribution in [0, 0.1) is 12.8 Å². The Morgan fingerprint density at radius 1 is 0.709 bits per heavy atom. The van der Waals surface area contributed by atoms with E-state index in [2.05, 4.69) is 42.2 Å². The van der Waals surface area contributed by atoms with Gasteiger partial charge in [0.05, 0.1) is 55.3 Å². The van der Waals surface area contributed by atoms with Crippen molar-refractivity contribution < 1.29 is 52.6 Å². The molecule has 7 N–H and O–H groups in total.